The van der Waals surface area contributed by atoms with Gasteiger partial charge in [0, 0.05) is 19.1 Å². The Labute approximate surface area is 120 Å². The van der Waals surface area contributed by atoms with Crippen LogP contribution < -0.4 is 5.32 Å². The summed E-state index contributed by atoms with van der Waals surface area (Å²) in [6, 6.07) is -0.840. The number of carbonyl (C=O) groups is 2. The van der Waals surface area contributed by atoms with Crippen LogP contribution in [0, 0.1) is 5.41 Å². The first kappa shape index (κ1) is 15.1. The second kappa shape index (κ2) is 5.60. The van der Waals surface area contributed by atoms with Crippen molar-refractivity contribution >= 4 is 12.0 Å². The molecule has 2 N–H and O–H groups in total. The molecular weight excluding hydrogens is 258 g/mol. The fourth-order valence-corrected chi connectivity index (χ4v) is 3.39. The number of likely N-dealkylation sites (tertiary alicyclic amines) is 2. The summed E-state index contributed by atoms with van der Waals surface area (Å²) in [4.78, 5) is 27.6. The summed E-state index contributed by atoms with van der Waals surface area (Å²) in [6.45, 7) is 6.18. The molecule has 0 spiro atoms. The molecule has 2 saturated heterocycles. The fraction of sp³-hybridized carbons (Fsp3) is 0.857. The average Bonchev–Trinajstić information content (AvgIpc) is 2.72. The first-order valence-corrected chi connectivity index (χ1v) is 7.30. The molecule has 2 rings (SSSR count). The minimum atomic E-state index is -0.909. The third-order valence-corrected chi connectivity index (χ3v) is 4.49. The van der Waals surface area contributed by atoms with Crippen molar-refractivity contribution in [2.24, 2.45) is 5.41 Å². The highest BCUT2D eigenvalue weighted by Gasteiger charge is 2.44. The van der Waals surface area contributed by atoms with Gasteiger partial charge in [0.1, 0.15) is 6.04 Å². The van der Waals surface area contributed by atoms with Gasteiger partial charge in [-0.1, -0.05) is 13.8 Å². The van der Waals surface area contributed by atoms with E-state index in [4.69, 9.17) is 0 Å². The lowest BCUT2D eigenvalue weighted by molar-refractivity contribution is -0.148. The number of carboxylic acid groups (broad SMARTS) is 1. The number of hydrogen-bond donors (Lipinski definition) is 2. The highest BCUT2D eigenvalue weighted by atomic mass is 16.4. The Morgan fingerprint density at radius 2 is 2.00 bits per heavy atom. The number of likely N-dealkylation sites (N-methyl/N-ethyl adjacent to an activating group) is 1. The van der Waals surface area contributed by atoms with Gasteiger partial charge in [0.05, 0.1) is 0 Å². The Bertz CT molecular complexity index is 397. The van der Waals surface area contributed by atoms with E-state index in [1.807, 2.05) is 20.9 Å². The van der Waals surface area contributed by atoms with E-state index in [1.165, 1.54) is 4.90 Å². The molecule has 2 unspecified atom stereocenters. The Balaban J connectivity index is 2.05. The van der Waals surface area contributed by atoms with Crippen LogP contribution in [0.15, 0.2) is 0 Å². The van der Waals surface area contributed by atoms with Gasteiger partial charge in [-0.25, -0.2) is 9.59 Å². The van der Waals surface area contributed by atoms with Crippen LogP contribution in [0.25, 0.3) is 0 Å². The predicted octanol–water partition coefficient (Wildman–Crippen LogP) is 0.975. The van der Waals surface area contributed by atoms with Crippen LogP contribution in [-0.2, 0) is 4.79 Å². The van der Waals surface area contributed by atoms with Crippen LogP contribution in [0.3, 0.4) is 0 Å². The smallest absolute Gasteiger partial charge is 0.327 e. The van der Waals surface area contributed by atoms with Crippen LogP contribution in [0.1, 0.15) is 33.1 Å². The summed E-state index contributed by atoms with van der Waals surface area (Å²) in [5.41, 5.74) is -0.381. The maximum Gasteiger partial charge on any atom is 0.327 e. The van der Waals surface area contributed by atoms with E-state index in [9.17, 15) is 14.7 Å². The maximum absolute atomic E-state index is 12.4. The zero-order chi connectivity index (χ0) is 14.9. The van der Waals surface area contributed by atoms with E-state index >= 15 is 0 Å². The molecule has 2 fully saturated rings. The van der Waals surface area contributed by atoms with Crippen molar-refractivity contribution in [2.45, 2.75) is 45.2 Å². The van der Waals surface area contributed by atoms with Crippen molar-refractivity contribution in [3.05, 3.63) is 0 Å². The lowest BCUT2D eigenvalue weighted by atomic mass is 9.76. The van der Waals surface area contributed by atoms with E-state index in [-0.39, 0.29) is 17.5 Å². The van der Waals surface area contributed by atoms with Gasteiger partial charge in [0.2, 0.25) is 0 Å². The molecule has 0 aromatic rings. The molecule has 6 nitrogen and oxygen atoms in total. The summed E-state index contributed by atoms with van der Waals surface area (Å²) in [5, 5.41) is 12.4. The molecule has 2 aliphatic heterocycles. The maximum atomic E-state index is 12.4. The van der Waals surface area contributed by atoms with E-state index < -0.39 is 12.0 Å². The number of rotatable bonds is 2. The van der Waals surface area contributed by atoms with Gasteiger partial charge < -0.3 is 20.2 Å². The molecule has 2 aliphatic rings. The lowest BCUT2D eigenvalue weighted by Crippen LogP contribution is -2.59. The van der Waals surface area contributed by atoms with Gasteiger partial charge in [-0.2, -0.15) is 0 Å². The molecule has 114 valence electrons. The molecule has 0 saturated carbocycles. The third kappa shape index (κ3) is 3.06. The van der Waals surface area contributed by atoms with Crippen molar-refractivity contribution < 1.29 is 14.7 Å². The molecule has 2 atom stereocenters. The number of carbonyl (C=O) groups excluding carboxylic acids is 1. The number of urea groups is 1. The van der Waals surface area contributed by atoms with Crippen molar-refractivity contribution in [1.82, 2.24) is 15.1 Å². The van der Waals surface area contributed by atoms with Crippen molar-refractivity contribution in [3.63, 3.8) is 0 Å². The molecule has 2 amide bonds. The Kier molecular flexibility index (Phi) is 4.22. The second-order valence-electron chi connectivity index (χ2n) is 6.72. The van der Waals surface area contributed by atoms with Crippen LogP contribution >= 0.6 is 0 Å². The lowest BCUT2D eigenvalue weighted by Gasteiger charge is -2.44. The minimum absolute atomic E-state index is 0.131. The number of piperidine rings is 1. The average molecular weight is 283 g/mol. The Morgan fingerprint density at radius 1 is 1.30 bits per heavy atom. The standard InChI is InChI=1S/C14H25N3O3/c1-14(2)6-4-7-17(11(14)12(18)19)13(20)15-10-5-8-16(3)9-10/h10-11H,4-9H2,1-3H3,(H,15,20)(H,18,19). The van der Waals surface area contributed by atoms with Gasteiger partial charge in [-0.15, -0.1) is 0 Å². The normalized spacial score (nSPS) is 30.2. The number of hydrogen-bond acceptors (Lipinski definition) is 3. The largest absolute Gasteiger partial charge is 0.480 e. The monoisotopic (exact) mass is 283 g/mol. The summed E-state index contributed by atoms with van der Waals surface area (Å²) < 4.78 is 0. The molecule has 0 aromatic carbocycles. The van der Waals surface area contributed by atoms with E-state index in [0.29, 0.717) is 6.54 Å². The number of amides is 2. The fourth-order valence-electron chi connectivity index (χ4n) is 3.39. The van der Waals surface area contributed by atoms with Crippen LogP contribution in [-0.4, -0.2) is 65.7 Å². The number of nitrogens with zero attached hydrogens (tertiary/aromatic N) is 2. The quantitative estimate of drug-likeness (QED) is 0.792. The summed E-state index contributed by atoms with van der Waals surface area (Å²) in [6.07, 6.45) is 2.62. The highest BCUT2D eigenvalue weighted by Crippen LogP contribution is 2.35. The summed E-state index contributed by atoms with van der Waals surface area (Å²) >= 11 is 0. The van der Waals surface area contributed by atoms with Gasteiger partial charge in [0.25, 0.3) is 0 Å². The molecule has 0 aliphatic carbocycles. The molecular formula is C14H25N3O3. The van der Waals surface area contributed by atoms with Crippen LogP contribution in [0.4, 0.5) is 4.79 Å². The number of carboxylic acids is 1. The second-order valence-corrected chi connectivity index (χ2v) is 6.72. The van der Waals surface area contributed by atoms with E-state index in [1.54, 1.807) is 0 Å². The molecule has 0 bridgehead atoms. The van der Waals surface area contributed by atoms with E-state index in [2.05, 4.69) is 10.2 Å². The third-order valence-electron chi connectivity index (χ3n) is 4.49. The van der Waals surface area contributed by atoms with Gasteiger partial charge in [-0.05, 0) is 38.3 Å². The first-order valence-electron chi connectivity index (χ1n) is 7.30. The summed E-state index contributed by atoms with van der Waals surface area (Å²) in [5.74, 6) is -0.909. The van der Waals surface area contributed by atoms with Crippen molar-refractivity contribution in [2.75, 3.05) is 26.7 Å². The first-order chi connectivity index (χ1) is 9.31. The topological polar surface area (TPSA) is 72.9 Å². The van der Waals surface area contributed by atoms with E-state index in [0.717, 1.165) is 32.4 Å². The number of aliphatic carboxylic acids is 1. The zero-order valence-corrected chi connectivity index (χ0v) is 12.6. The molecule has 2 heterocycles. The van der Waals surface area contributed by atoms with Gasteiger partial charge >= 0.3 is 12.0 Å². The van der Waals surface area contributed by atoms with Crippen LogP contribution in [0.5, 0.6) is 0 Å². The molecule has 20 heavy (non-hydrogen) atoms. The Hall–Kier alpha value is -1.30. The summed E-state index contributed by atoms with van der Waals surface area (Å²) in [7, 11) is 2.02. The van der Waals surface area contributed by atoms with Gasteiger partial charge in [0.15, 0.2) is 0 Å². The molecule has 0 radical (unpaired) electrons. The highest BCUT2D eigenvalue weighted by molar-refractivity contribution is 5.83. The molecule has 6 heteroatoms. The minimum Gasteiger partial charge on any atom is -0.480 e. The van der Waals surface area contributed by atoms with Crippen molar-refractivity contribution in [3.8, 4) is 0 Å². The number of nitrogens with one attached hydrogen (secondary N) is 1. The SMILES string of the molecule is CN1CCC(NC(=O)N2CCCC(C)(C)C2C(=O)O)C1. The predicted molar refractivity (Wildman–Crippen MR) is 75.6 cm³/mol. The Morgan fingerprint density at radius 3 is 2.55 bits per heavy atom. The molecule has 0 aromatic heterocycles. The van der Waals surface area contributed by atoms with Crippen LogP contribution in [0.2, 0.25) is 0 Å². The van der Waals surface area contributed by atoms with Gasteiger partial charge in [-0.3, -0.25) is 0 Å². The zero-order valence-electron chi connectivity index (χ0n) is 12.6. The van der Waals surface area contributed by atoms with Crippen molar-refractivity contribution in [1.29, 1.82) is 0 Å².